The Hall–Kier alpha value is -2.68. The van der Waals surface area contributed by atoms with Gasteiger partial charge in [-0.3, -0.25) is 19.1 Å². The van der Waals surface area contributed by atoms with Gasteiger partial charge in [0.25, 0.3) is 11.8 Å². The van der Waals surface area contributed by atoms with Crippen LogP contribution in [-0.2, 0) is 37.6 Å². The Bertz CT molecular complexity index is 1100. The van der Waals surface area contributed by atoms with Crippen molar-refractivity contribution in [2.75, 3.05) is 31.6 Å². The van der Waals surface area contributed by atoms with Crippen LogP contribution >= 0.6 is 11.3 Å². The number of nitrogens with zero attached hydrogens (tertiary/aromatic N) is 5. The minimum absolute atomic E-state index is 0.0132. The highest BCUT2D eigenvalue weighted by atomic mass is 32.1. The molecule has 0 spiro atoms. The van der Waals surface area contributed by atoms with Crippen LogP contribution in [0.15, 0.2) is 0 Å². The van der Waals surface area contributed by atoms with E-state index in [1.54, 1.807) is 16.6 Å². The number of rotatable bonds is 2. The molecular weight excluding hydrogens is 414 g/mol. The Balaban J connectivity index is 1.49. The summed E-state index contributed by atoms with van der Waals surface area (Å²) in [5.74, 6) is -0.151. The van der Waals surface area contributed by atoms with Crippen molar-refractivity contribution >= 4 is 34.1 Å². The molecule has 1 aliphatic carbocycles. The average molecular weight is 442 g/mol. The molecule has 2 aliphatic heterocycles. The van der Waals surface area contributed by atoms with Crippen LogP contribution in [0.3, 0.4) is 0 Å². The van der Waals surface area contributed by atoms with Gasteiger partial charge in [-0.15, -0.1) is 11.3 Å². The van der Waals surface area contributed by atoms with Crippen molar-refractivity contribution in [1.29, 1.82) is 0 Å². The number of likely N-dealkylation sites (N-methyl/N-ethyl adjacent to an activating group) is 2. The van der Waals surface area contributed by atoms with Crippen molar-refractivity contribution in [3.05, 3.63) is 33.0 Å². The summed E-state index contributed by atoms with van der Waals surface area (Å²) in [5.41, 5.74) is 4.52. The first kappa shape index (κ1) is 20.2. The van der Waals surface area contributed by atoms with Crippen molar-refractivity contribution < 1.29 is 14.4 Å². The molecule has 3 aliphatic rings. The monoisotopic (exact) mass is 441 g/mol. The van der Waals surface area contributed by atoms with E-state index in [1.807, 2.05) is 18.9 Å². The molecule has 5 rings (SSSR count). The molecule has 2 aromatic heterocycles. The normalized spacial score (nSPS) is 18.6. The molecule has 0 saturated carbocycles. The first-order chi connectivity index (χ1) is 14.9. The lowest BCUT2D eigenvalue weighted by molar-refractivity contribution is -0.118. The lowest BCUT2D eigenvalue weighted by atomic mass is 9.95. The molecule has 0 saturated heterocycles. The maximum absolute atomic E-state index is 13.5. The van der Waals surface area contributed by atoms with E-state index in [-0.39, 0.29) is 24.3 Å². The minimum atomic E-state index is -0.0997. The van der Waals surface area contributed by atoms with Gasteiger partial charge in [0, 0.05) is 37.6 Å². The van der Waals surface area contributed by atoms with Crippen LogP contribution in [0.2, 0.25) is 0 Å². The summed E-state index contributed by atoms with van der Waals surface area (Å²) < 4.78 is 1.74. The van der Waals surface area contributed by atoms with Crippen LogP contribution in [0.25, 0.3) is 0 Å². The second-order valence-corrected chi connectivity index (χ2v) is 9.65. The van der Waals surface area contributed by atoms with Gasteiger partial charge in [0.1, 0.15) is 17.2 Å². The zero-order chi connectivity index (χ0) is 21.9. The number of amides is 3. The van der Waals surface area contributed by atoms with Gasteiger partial charge in [-0.2, -0.15) is 5.10 Å². The lowest BCUT2D eigenvalue weighted by Gasteiger charge is -2.28. The average Bonchev–Trinajstić information content (AvgIpc) is 3.26. The largest absolute Gasteiger partial charge is 0.332 e. The van der Waals surface area contributed by atoms with Crippen LogP contribution < -0.4 is 4.90 Å². The molecule has 0 radical (unpaired) electrons. The predicted molar refractivity (Wildman–Crippen MR) is 118 cm³/mol. The number of carbonyl (C=O) groups excluding carboxylic acids is 3. The number of carbonyl (C=O) groups is 3. The summed E-state index contributed by atoms with van der Waals surface area (Å²) in [6.07, 6.45) is 4.69. The molecule has 0 fully saturated rings. The summed E-state index contributed by atoms with van der Waals surface area (Å²) in [5, 5.41) is 5.34. The van der Waals surface area contributed by atoms with Crippen molar-refractivity contribution in [2.45, 2.75) is 45.6 Å². The Morgan fingerprint density at radius 2 is 1.84 bits per heavy atom. The number of anilines is 1. The molecule has 9 heteroatoms. The van der Waals surface area contributed by atoms with Gasteiger partial charge in [0.05, 0.1) is 17.8 Å². The predicted octanol–water partition coefficient (Wildman–Crippen LogP) is 2.00. The Morgan fingerprint density at radius 1 is 1.06 bits per heavy atom. The highest BCUT2D eigenvalue weighted by Crippen LogP contribution is 2.41. The van der Waals surface area contributed by atoms with E-state index in [0.717, 1.165) is 52.4 Å². The van der Waals surface area contributed by atoms with Gasteiger partial charge in [0.2, 0.25) is 5.91 Å². The third kappa shape index (κ3) is 3.09. The number of thiophene rings is 1. The third-order valence-electron chi connectivity index (χ3n) is 6.64. The fourth-order valence-corrected chi connectivity index (χ4v) is 6.49. The van der Waals surface area contributed by atoms with E-state index in [4.69, 9.17) is 0 Å². The summed E-state index contributed by atoms with van der Waals surface area (Å²) in [6.45, 7) is 3.58. The molecule has 0 N–H and O–H groups in total. The Kier molecular flexibility index (Phi) is 4.88. The molecule has 4 heterocycles. The molecule has 164 valence electrons. The van der Waals surface area contributed by atoms with Crippen LogP contribution in [0, 0.1) is 0 Å². The van der Waals surface area contributed by atoms with E-state index in [1.165, 1.54) is 16.2 Å². The maximum Gasteiger partial charge on any atom is 0.272 e. The number of aromatic nitrogens is 2. The summed E-state index contributed by atoms with van der Waals surface area (Å²) in [7, 11) is 3.53. The highest BCUT2D eigenvalue weighted by molar-refractivity contribution is 7.17. The highest BCUT2D eigenvalue weighted by Gasteiger charge is 2.37. The molecule has 8 nitrogen and oxygen atoms in total. The molecule has 3 amide bonds. The van der Waals surface area contributed by atoms with Crippen LogP contribution in [0.4, 0.5) is 5.00 Å². The molecule has 0 unspecified atom stereocenters. The van der Waals surface area contributed by atoms with Crippen LogP contribution in [0.5, 0.6) is 0 Å². The topological polar surface area (TPSA) is 78.8 Å². The number of aryl methyl sites for hydroxylation is 2. The molecule has 2 aromatic rings. The number of hydrogen-bond donors (Lipinski definition) is 0. The summed E-state index contributed by atoms with van der Waals surface area (Å²) in [6, 6.07) is 0. The van der Waals surface area contributed by atoms with E-state index in [0.29, 0.717) is 37.3 Å². The molecule has 31 heavy (non-hydrogen) atoms. The zero-order valence-electron chi connectivity index (χ0n) is 18.2. The summed E-state index contributed by atoms with van der Waals surface area (Å²) in [4.78, 5) is 45.3. The van der Waals surface area contributed by atoms with Crippen molar-refractivity contribution in [3.8, 4) is 0 Å². The first-order valence-electron chi connectivity index (χ1n) is 10.9. The standard InChI is InChI=1S/C22H27N5O3S/c1-4-27-17(28)12-24(2)20(29)18-14-9-10-26(11-16(14)31-22(18)27)21(30)19-13-7-5-6-8-15(13)23-25(19)3/h4-12H2,1-3H3. The molecular formula is C22H27N5O3S. The Morgan fingerprint density at radius 3 is 2.61 bits per heavy atom. The van der Waals surface area contributed by atoms with Crippen molar-refractivity contribution in [3.63, 3.8) is 0 Å². The number of hydrogen-bond acceptors (Lipinski definition) is 5. The van der Waals surface area contributed by atoms with Crippen LogP contribution in [-0.4, -0.2) is 64.0 Å². The fourth-order valence-electron chi connectivity index (χ4n) is 5.06. The third-order valence-corrected chi connectivity index (χ3v) is 7.88. The minimum Gasteiger partial charge on any atom is -0.332 e. The van der Waals surface area contributed by atoms with Gasteiger partial charge in [0.15, 0.2) is 0 Å². The quantitative estimate of drug-likeness (QED) is 0.714. The fraction of sp³-hybridized carbons (Fsp3) is 0.545. The van der Waals surface area contributed by atoms with Gasteiger partial charge in [-0.1, -0.05) is 0 Å². The maximum atomic E-state index is 13.5. The zero-order valence-corrected chi connectivity index (χ0v) is 19.0. The molecule has 0 aromatic carbocycles. The summed E-state index contributed by atoms with van der Waals surface area (Å²) >= 11 is 1.49. The molecule has 0 bridgehead atoms. The van der Waals surface area contributed by atoms with Gasteiger partial charge >= 0.3 is 0 Å². The van der Waals surface area contributed by atoms with E-state index in [2.05, 4.69) is 5.10 Å². The Labute approximate surface area is 185 Å². The van der Waals surface area contributed by atoms with Crippen molar-refractivity contribution in [2.24, 2.45) is 7.05 Å². The van der Waals surface area contributed by atoms with Crippen LogP contribution in [0.1, 0.15) is 62.3 Å². The second kappa shape index (κ2) is 7.47. The van der Waals surface area contributed by atoms with Gasteiger partial charge in [-0.05, 0) is 44.6 Å². The van der Waals surface area contributed by atoms with E-state index >= 15 is 0 Å². The SMILES string of the molecule is CCN1C(=O)CN(C)C(=O)c2c1sc1c2CCN(C(=O)c2c3c(nn2C)CCCC3)C1. The van der Waals surface area contributed by atoms with Crippen molar-refractivity contribution in [1.82, 2.24) is 19.6 Å². The van der Waals surface area contributed by atoms with Gasteiger partial charge in [-0.25, -0.2) is 0 Å². The smallest absolute Gasteiger partial charge is 0.272 e. The lowest BCUT2D eigenvalue weighted by Crippen LogP contribution is -2.38. The first-order valence-corrected chi connectivity index (χ1v) is 11.8. The molecule has 0 atom stereocenters. The second-order valence-electron chi connectivity index (χ2n) is 8.56. The number of fused-ring (bicyclic) bond motifs is 4. The van der Waals surface area contributed by atoms with E-state index < -0.39 is 0 Å². The van der Waals surface area contributed by atoms with E-state index in [9.17, 15) is 14.4 Å². The van der Waals surface area contributed by atoms with Gasteiger partial charge < -0.3 is 14.7 Å².